The number of anilines is 3. The monoisotopic (exact) mass is 245 g/mol. The van der Waals surface area contributed by atoms with Gasteiger partial charge >= 0.3 is 5.69 Å². The molecule has 0 bridgehead atoms. The fourth-order valence-corrected chi connectivity index (χ4v) is 1.80. The number of fused-ring (bicyclic) bond motifs is 1. The first kappa shape index (κ1) is 10.3. The summed E-state index contributed by atoms with van der Waals surface area (Å²) in [5.74, 6) is 0.590. The molecule has 2 aromatic rings. The number of hydrazine groups is 1. The third kappa shape index (κ3) is 1.58. The second kappa shape index (κ2) is 3.59. The number of nitrogens with two attached hydrogens (primary N) is 1. The van der Waals surface area contributed by atoms with Crippen molar-refractivity contribution in [2.45, 2.75) is 0 Å². The van der Waals surface area contributed by atoms with Crippen LogP contribution in [0.4, 0.5) is 17.2 Å². The predicted octanol–water partition coefficient (Wildman–Crippen LogP) is 0.809. The van der Waals surface area contributed by atoms with Gasteiger partial charge in [-0.3, -0.25) is 15.4 Å². The lowest BCUT2D eigenvalue weighted by atomic mass is 10.2. The van der Waals surface area contributed by atoms with Gasteiger partial charge in [0.1, 0.15) is 11.4 Å². The average Bonchev–Trinajstić information content (AvgIpc) is 2.68. The Morgan fingerprint density at radius 3 is 2.89 bits per heavy atom. The maximum absolute atomic E-state index is 11.1. The van der Waals surface area contributed by atoms with Crippen molar-refractivity contribution in [3.05, 3.63) is 40.6 Å². The lowest BCUT2D eigenvalue weighted by Crippen LogP contribution is -2.26. The Morgan fingerprint density at radius 2 is 2.11 bits per heavy atom. The lowest BCUT2D eigenvalue weighted by Gasteiger charge is -2.25. The number of phenolic OH excluding ortho intramolecular Hbond substituents is 1. The Hall–Kier alpha value is -2.83. The maximum Gasteiger partial charge on any atom is 0.325 e. The molecule has 2 heterocycles. The van der Waals surface area contributed by atoms with E-state index in [0.717, 1.165) is 0 Å². The largest absolute Gasteiger partial charge is 0.506 e. The molecule has 6 N–H and O–H groups in total. The number of aromatic nitrogens is 2. The first-order chi connectivity index (χ1) is 8.63. The van der Waals surface area contributed by atoms with E-state index < -0.39 is 0 Å². The molecule has 1 aliphatic heterocycles. The number of hydrogen-bond acceptors (Lipinski definition) is 5. The number of benzene rings is 1. The summed E-state index contributed by atoms with van der Waals surface area (Å²) in [6, 6.07) is 4.82. The van der Waals surface area contributed by atoms with Crippen molar-refractivity contribution >= 4 is 23.3 Å². The van der Waals surface area contributed by atoms with Crippen molar-refractivity contribution in [1.29, 1.82) is 0 Å². The topological polar surface area (TPSA) is 110 Å². The standard InChI is InChI=1S/C11H11N5O2/c12-6-1-2-8(9(17)5-6)16-4-3-7-10(15-16)14-11(18)13-7/h1-5,15,17H,12H2,(H2,13,14,18). The molecule has 0 fully saturated rings. The van der Waals surface area contributed by atoms with Crippen LogP contribution in [0.3, 0.4) is 0 Å². The van der Waals surface area contributed by atoms with Gasteiger partial charge in [0.15, 0.2) is 5.82 Å². The zero-order chi connectivity index (χ0) is 12.7. The van der Waals surface area contributed by atoms with Gasteiger partial charge in [-0.05, 0) is 18.2 Å². The minimum atomic E-state index is -0.291. The molecule has 7 nitrogen and oxygen atoms in total. The van der Waals surface area contributed by atoms with Crippen LogP contribution in [0.2, 0.25) is 0 Å². The Kier molecular flexibility index (Phi) is 2.06. The summed E-state index contributed by atoms with van der Waals surface area (Å²) in [7, 11) is 0. The third-order valence-corrected chi connectivity index (χ3v) is 2.64. The molecule has 0 unspecified atom stereocenters. The number of H-pyrrole nitrogens is 2. The highest BCUT2D eigenvalue weighted by Gasteiger charge is 2.16. The minimum Gasteiger partial charge on any atom is -0.506 e. The molecular formula is C11H11N5O2. The molecule has 1 aromatic heterocycles. The van der Waals surface area contributed by atoms with Crippen LogP contribution in [0.25, 0.3) is 6.08 Å². The van der Waals surface area contributed by atoms with Crippen LogP contribution in [0.1, 0.15) is 5.69 Å². The molecule has 0 saturated carbocycles. The van der Waals surface area contributed by atoms with Crippen LogP contribution in [0, 0.1) is 0 Å². The van der Waals surface area contributed by atoms with Crippen LogP contribution >= 0.6 is 0 Å². The van der Waals surface area contributed by atoms with Crippen LogP contribution in [-0.4, -0.2) is 15.1 Å². The fourth-order valence-electron chi connectivity index (χ4n) is 1.80. The maximum atomic E-state index is 11.1. The summed E-state index contributed by atoms with van der Waals surface area (Å²) in [6.45, 7) is 0. The van der Waals surface area contributed by atoms with E-state index in [0.29, 0.717) is 22.9 Å². The van der Waals surface area contributed by atoms with E-state index in [1.165, 1.54) is 6.07 Å². The van der Waals surface area contributed by atoms with Gasteiger partial charge in [0.2, 0.25) is 0 Å². The van der Waals surface area contributed by atoms with E-state index >= 15 is 0 Å². The van der Waals surface area contributed by atoms with Crippen LogP contribution < -0.4 is 21.9 Å². The van der Waals surface area contributed by atoms with Crippen molar-refractivity contribution in [3.8, 4) is 5.75 Å². The van der Waals surface area contributed by atoms with Crippen LogP contribution in [-0.2, 0) is 0 Å². The summed E-state index contributed by atoms with van der Waals surface area (Å²) in [5, 5.41) is 11.4. The van der Waals surface area contributed by atoms with Gasteiger partial charge in [0.05, 0.1) is 5.69 Å². The Balaban J connectivity index is 1.98. The molecule has 0 saturated heterocycles. The number of nitrogens with zero attached hydrogens (tertiary/aromatic N) is 1. The van der Waals surface area contributed by atoms with Crippen molar-refractivity contribution in [2.24, 2.45) is 0 Å². The summed E-state index contributed by atoms with van der Waals surface area (Å²) in [6.07, 6.45) is 3.41. The van der Waals surface area contributed by atoms with Crippen molar-refractivity contribution < 1.29 is 5.11 Å². The molecule has 0 spiro atoms. The van der Waals surface area contributed by atoms with Gasteiger partial charge in [-0.25, -0.2) is 4.79 Å². The van der Waals surface area contributed by atoms with E-state index in [1.54, 1.807) is 29.4 Å². The predicted molar refractivity (Wildman–Crippen MR) is 69.1 cm³/mol. The highest BCUT2D eigenvalue weighted by atomic mass is 16.3. The lowest BCUT2D eigenvalue weighted by molar-refractivity contribution is 0.476. The quantitative estimate of drug-likeness (QED) is 0.477. The van der Waals surface area contributed by atoms with E-state index in [2.05, 4.69) is 15.4 Å². The molecule has 0 radical (unpaired) electrons. The number of phenols is 1. The van der Waals surface area contributed by atoms with Gasteiger partial charge in [-0.1, -0.05) is 0 Å². The number of hydrogen-bond donors (Lipinski definition) is 5. The van der Waals surface area contributed by atoms with Crippen molar-refractivity contribution in [3.63, 3.8) is 0 Å². The number of rotatable bonds is 1. The first-order valence-electron chi connectivity index (χ1n) is 5.28. The molecule has 1 aromatic carbocycles. The third-order valence-electron chi connectivity index (χ3n) is 2.64. The molecular weight excluding hydrogens is 234 g/mol. The van der Waals surface area contributed by atoms with Gasteiger partial charge in [0, 0.05) is 18.0 Å². The second-order valence-electron chi connectivity index (χ2n) is 3.91. The number of aromatic hydroxyl groups is 1. The van der Waals surface area contributed by atoms with Gasteiger partial charge in [-0.15, -0.1) is 0 Å². The number of nitrogens with one attached hydrogen (secondary N) is 3. The molecule has 0 aliphatic carbocycles. The van der Waals surface area contributed by atoms with E-state index in [1.807, 2.05) is 0 Å². The summed E-state index contributed by atoms with van der Waals surface area (Å²) in [5.41, 5.74) is 9.90. The minimum absolute atomic E-state index is 0.0495. The first-order valence-corrected chi connectivity index (χ1v) is 5.28. The summed E-state index contributed by atoms with van der Waals surface area (Å²) in [4.78, 5) is 16.4. The zero-order valence-electron chi connectivity index (χ0n) is 9.27. The SMILES string of the molecule is Nc1ccc(N2C=Cc3[nH]c(=O)[nH]c3N2)c(O)c1. The normalized spacial score (nSPS) is 13.2. The smallest absolute Gasteiger partial charge is 0.325 e. The van der Waals surface area contributed by atoms with Crippen LogP contribution in [0.15, 0.2) is 29.2 Å². The number of aromatic amines is 2. The summed E-state index contributed by atoms with van der Waals surface area (Å²) >= 11 is 0. The average molecular weight is 245 g/mol. The van der Waals surface area contributed by atoms with Crippen molar-refractivity contribution in [2.75, 3.05) is 16.2 Å². The molecule has 3 rings (SSSR count). The van der Waals surface area contributed by atoms with Gasteiger partial charge < -0.3 is 15.8 Å². The molecule has 92 valence electrons. The highest BCUT2D eigenvalue weighted by Crippen LogP contribution is 2.31. The fraction of sp³-hybridized carbons (Fsp3) is 0. The number of imidazole rings is 1. The Labute approximate surface area is 102 Å². The van der Waals surface area contributed by atoms with Gasteiger partial charge in [-0.2, -0.15) is 0 Å². The van der Waals surface area contributed by atoms with E-state index in [-0.39, 0.29) is 11.4 Å². The Bertz CT molecular complexity index is 685. The molecule has 0 amide bonds. The molecule has 18 heavy (non-hydrogen) atoms. The Morgan fingerprint density at radius 1 is 1.28 bits per heavy atom. The molecule has 0 atom stereocenters. The van der Waals surface area contributed by atoms with Crippen molar-refractivity contribution in [1.82, 2.24) is 9.97 Å². The van der Waals surface area contributed by atoms with Gasteiger partial charge in [0.25, 0.3) is 0 Å². The number of nitrogen functional groups attached to an aromatic ring is 1. The van der Waals surface area contributed by atoms with E-state index in [4.69, 9.17) is 5.73 Å². The summed E-state index contributed by atoms with van der Waals surface area (Å²) < 4.78 is 0. The highest BCUT2D eigenvalue weighted by molar-refractivity contribution is 5.74. The van der Waals surface area contributed by atoms with Crippen LogP contribution in [0.5, 0.6) is 5.75 Å². The molecule has 1 aliphatic rings. The second-order valence-corrected chi connectivity index (χ2v) is 3.91. The van der Waals surface area contributed by atoms with E-state index in [9.17, 15) is 9.90 Å². The molecule has 7 heteroatoms. The zero-order valence-corrected chi connectivity index (χ0v) is 9.27.